The fraction of sp³-hybridized carbons (Fsp3) is 0.615. The minimum absolute atomic E-state index is 0.240. The number of hydrogen-bond acceptors (Lipinski definition) is 2. The van der Waals surface area contributed by atoms with Crippen molar-refractivity contribution in [2.75, 3.05) is 0 Å². The lowest BCUT2D eigenvalue weighted by atomic mass is 9.83. The van der Waals surface area contributed by atoms with Crippen LogP contribution in [-0.2, 0) is 0 Å². The van der Waals surface area contributed by atoms with Gasteiger partial charge in [-0.3, -0.25) is 4.79 Å². The van der Waals surface area contributed by atoms with Gasteiger partial charge in [0.15, 0.2) is 5.78 Å². The van der Waals surface area contributed by atoms with Crippen LogP contribution in [0.25, 0.3) is 0 Å². The standard InChI is InChI=1S/C13H18Br2OS/c1-8(6-13(2,3)4)5-10(16)12-11(15)9(14)7-17-12/h7-8H,5-6H2,1-4H3. The molecule has 0 fully saturated rings. The summed E-state index contributed by atoms with van der Waals surface area (Å²) in [7, 11) is 0. The Labute approximate surface area is 124 Å². The molecule has 0 bridgehead atoms. The summed E-state index contributed by atoms with van der Waals surface area (Å²) in [4.78, 5) is 13.0. The van der Waals surface area contributed by atoms with E-state index >= 15 is 0 Å². The van der Waals surface area contributed by atoms with Crippen molar-refractivity contribution in [2.45, 2.75) is 40.5 Å². The number of hydrogen-bond donors (Lipinski definition) is 0. The van der Waals surface area contributed by atoms with Gasteiger partial charge in [-0.15, -0.1) is 11.3 Å². The Bertz CT molecular complexity index is 404. The molecule has 1 heterocycles. The molecule has 0 aliphatic rings. The summed E-state index contributed by atoms with van der Waals surface area (Å²) in [6, 6.07) is 0. The molecule has 0 aliphatic carbocycles. The quantitative estimate of drug-likeness (QED) is 0.591. The molecule has 1 nitrogen and oxygen atoms in total. The van der Waals surface area contributed by atoms with E-state index in [0.29, 0.717) is 12.3 Å². The normalized spacial score (nSPS) is 13.8. The third-order valence-corrected chi connectivity index (χ3v) is 6.00. The molecule has 1 aromatic heterocycles. The Balaban J connectivity index is 2.64. The van der Waals surface area contributed by atoms with Gasteiger partial charge in [-0.05, 0) is 49.6 Å². The average molecular weight is 382 g/mol. The molecule has 4 heteroatoms. The Morgan fingerprint density at radius 3 is 2.41 bits per heavy atom. The van der Waals surface area contributed by atoms with E-state index in [2.05, 4.69) is 59.6 Å². The molecule has 0 N–H and O–H groups in total. The Hall–Kier alpha value is 0.330. The van der Waals surface area contributed by atoms with Gasteiger partial charge in [0.1, 0.15) is 0 Å². The lowest BCUT2D eigenvalue weighted by molar-refractivity contribution is 0.0957. The van der Waals surface area contributed by atoms with E-state index in [-0.39, 0.29) is 11.2 Å². The highest BCUT2D eigenvalue weighted by atomic mass is 79.9. The van der Waals surface area contributed by atoms with Gasteiger partial charge >= 0.3 is 0 Å². The smallest absolute Gasteiger partial charge is 0.174 e. The van der Waals surface area contributed by atoms with Crippen molar-refractivity contribution in [3.05, 3.63) is 19.2 Å². The summed E-state index contributed by atoms with van der Waals surface area (Å²) in [6.07, 6.45) is 1.70. The van der Waals surface area contributed by atoms with Crippen molar-refractivity contribution in [1.82, 2.24) is 0 Å². The van der Waals surface area contributed by atoms with E-state index in [1.54, 1.807) is 0 Å². The van der Waals surface area contributed by atoms with Crippen LogP contribution in [0.15, 0.2) is 14.3 Å². The molecule has 17 heavy (non-hydrogen) atoms. The van der Waals surface area contributed by atoms with Gasteiger partial charge in [0.25, 0.3) is 0 Å². The fourth-order valence-corrected chi connectivity index (χ4v) is 4.18. The second-order valence-corrected chi connectivity index (χ2v) is 8.25. The summed E-state index contributed by atoms with van der Waals surface area (Å²) in [5.41, 5.74) is 0.285. The predicted octanol–water partition coefficient (Wildman–Crippen LogP) is 5.92. The van der Waals surface area contributed by atoms with Crippen molar-refractivity contribution < 1.29 is 4.79 Å². The zero-order chi connectivity index (χ0) is 13.2. The first-order chi connectivity index (χ1) is 7.70. The molecule has 1 rings (SSSR count). The maximum absolute atomic E-state index is 12.1. The maximum Gasteiger partial charge on any atom is 0.174 e. The zero-order valence-electron chi connectivity index (χ0n) is 10.6. The third-order valence-electron chi connectivity index (χ3n) is 2.44. The fourth-order valence-electron chi connectivity index (χ4n) is 2.04. The molecule has 0 saturated carbocycles. The number of rotatable bonds is 4. The number of thiophene rings is 1. The second kappa shape index (κ2) is 5.98. The number of carbonyl (C=O) groups is 1. The van der Waals surface area contributed by atoms with E-state index < -0.39 is 0 Å². The summed E-state index contributed by atoms with van der Waals surface area (Å²) in [6.45, 7) is 8.79. The van der Waals surface area contributed by atoms with E-state index in [1.165, 1.54) is 11.3 Å². The highest BCUT2D eigenvalue weighted by Gasteiger charge is 2.21. The van der Waals surface area contributed by atoms with Gasteiger partial charge < -0.3 is 0 Å². The van der Waals surface area contributed by atoms with Gasteiger partial charge in [0, 0.05) is 16.3 Å². The molecule has 96 valence electrons. The summed E-state index contributed by atoms with van der Waals surface area (Å²) in [5.74, 6) is 0.666. The number of halogens is 2. The summed E-state index contributed by atoms with van der Waals surface area (Å²) in [5, 5.41) is 1.95. The number of carbonyl (C=O) groups excluding carboxylic acids is 1. The Morgan fingerprint density at radius 2 is 2.00 bits per heavy atom. The second-order valence-electron chi connectivity index (χ2n) is 5.72. The molecule has 0 radical (unpaired) electrons. The zero-order valence-corrected chi connectivity index (χ0v) is 14.6. The predicted molar refractivity (Wildman–Crippen MR) is 81.9 cm³/mol. The van der Waals surface area contributed by atoms with Gasteiger partial charge in [-0.2, -0.15) is 0 Å². The molecule has 0 saturated heterocycles. The molecular weight excluding hydrogens is 364 g/mol. The summed E-state index contributed by atoms with van der Waals surface area (Å²) < 4.78 is 1.87. The van der Waals surface area contributed by atoms with Gasteiger partial charge in [0.05, 0.1) is 9.35 Å². The molecule has 1 atom stereocenters. The maximum atomic E-state index is 12.1. The van der Waals surface area contributed by atoms with Crippen molar-refractivity contribution in [1.29, 1.82) is 0 Å². The molecule has 0 amide bonds. The van der Waals surface area contributed by atoms with Gasteiger partial charge in [-0.1, -0.05) is 27.7 Å². The Morgan fingerprint density at radius 1 is 1.41 bits per heavy atom. The average Bonchev–Trinajstić information content (AvgIpc) is 2.44. The van der Waals surface area contributed by atoms with Crippen LogP contribution in [0.3, 0.4) is 0 Å². The highest BCUT2D eigenvalue weighted by Crippen LogP contribution is 2.35. The minimum atomic E-state index is 0.240. The van der Waals surface area contributed by atoms with Crippen molar-refractivity contribution in [3.63, 3.8) is 0 Å². The summed E-state index contributed by atoms with van der Waals surface area (Å²) >= 11 is 8.36. The molecule has 1 unspecified atom stereocenters. The Kier molecular flexibility index (Phi) is 5.41. The van der Waals surface area contributed by atoms with E-state index in [4.69, 9.17) is 0 Å². The van der Waals surface area contributed by atoms with Crippen LogP contribution in [0.2, 0.25) is 0 Å². The lowest BCUT2D eigenvalue weighted by Crippen LogP contribution is -2.14. The van der Waals surface area contributed by atoms with Crippen LogP contribution < -0.4 is 0 Å². The van der Waals surface area contributed by atoms with Gasteiger partial charge in [0.2, 0.25) is 0 Å². The molecule has 0 aromatic carbocycles. The van der Waals surface area contributed by atoms with Gasteiger partial charge in [-0.25, -0.2) is 0 Å². The van der Waals surface area contributed by atoms with E-state index in [1.807, 2.05) is 5.38 Å². The first-order valence-electron chi connectivity index (χ1n) is 5.66. The van der Waals surface area contributed by atoms with Crippen LogP contribution in [0.1, 0.15) is 50.2 Å². The monoisotopic (exact) mass is 380 g/mol. The van der Waals surface area contributed by atoms with E-state index in [0.717, 1.165) is 20.2 Å². The molecular formula is C13H18Br2OS. The van der Waals surface area contributed by atoms with Crippen molar-refractivity contribution in [3.8, 4) is 0 Å². The SMILES string of the molecule is CC(CC(=O)c1scc(Br)c1Br)CC(C)(C)C. The van der Waals surface area contributed by atoms with Crippen LogP contribution in [-0.4, -0.2) is 5.78 Å². The van der Waals surface area contributed by atoms with Crippen LogP contribution in [0, 0.1) is 11.3 Å². The molecule has 0 aliphatic heterocycles. The van der Waals surface area contributed by atoms with E-state index in [9.17, 15) is 4.79 Å². The topological polar surface area (TPSA) is 17.1 Å². The molecule has 1 aromatic rings. The number of ketones is 1. The largest absolute Gasteiger partial charge is 0.293 e. The highest BCUT2D eigenvalue weighted by molar-refractivity contribution is 9.13. The first kappa shape index (κ1) is 15.4. The van der Waals surface area contributed by atoms with Crippen molar-refractivity contribution in [2.24, 2.45) is 11.3 Å². The van der Waals surface area contributed by atoms with Crippen LogP contribution >= 0.6 is 43.2 Å². The lowest BCUT2D eigenvalue weighted by Gasteiger charge is -2.22. The van der Waals surface area contributed by atoms with Crippen LogP contribution in [0.4, 0.5) is 0 Å². The van der Waals surface area contributed by atoms with Crippen LogP contribution in [0.5, 0.6) is 0 Å². The minimum Gasteiger partial charge on any atom is -0.293 e. The van der Waals surface area contributed by atoms with Crippen molar-refractivity contribution >= 4 is 49.0 Å². The number of Topliss-reactive ketones (excluding diaryl/α,β-unsaturated/α-hetero) is 1. The third kappa shape index (κ3) is 4.84. The first-order valence-corrected chi connectivity index (χ1v) is 8.13. The molecule has 0 spiro atoms.